The summed E-state index contributed by atoms with van der Waals surface area (Å²) in [5.74, 6) is -0.0136. The number of carbonyl (C=O) groups is 2. The molecule has 2 atom stereocenters. The summed E-state index contributed by atoms with van der Waals surface area (Å²) < 4.78 is 16.5. The van der Waals surface area contributed by atoms with E-state index in [0.717, 1.165) is 17.7 Å². The van der Waals surface area contributed by atoms with Crippen molar-refractivity contribution >= 4 is 29.4 Å². The lowest BCUT2D eigenvalue weighted by Crippen LogP contribution is -2.44. The molecule has 1 N–H and O–H groups in total. The molecule has 1 aliphatic rings. The number of aryl methyl sites for hydroxylation is 1. The van der Waals surface area contributed by atoms with Gasteiger partial charge >= 0.3 is 0 Å². The molecule has 2 amide bonds. The molecule has 0 saturated carbocycles. The van der Waals surface area contributed by atoms with Crippen molar-refractivity contribution in [3.8, 4) is 0 Å². The van der Waals surface area contributed by atoms with E-state index in [-0.39, 0.29) is 41.4 Å². The minimum absolute atomic E-state index is 0.0197. The lowest BCUT2D eigenvalue weighted by molar-refractivity contribution is -0.123. The van der Waals surface area contributed by atoms with Gasteiger partial charge in [-0.1, -0.05) is 45.9 Å². The van der Waals surface area contributed by atoms with Gasteiger partial charge in [-0.05, 0) is 19.4 Å². The maximum absolute atomic E-state index is 14.8. The van der Waals surface area contributed by atoms with Crippen LogP contribution in [0.15, 0.2) is 24.3 Å². The number of anilines is 1. The van der Waals surface area contributed by atoms with Crippen molar-refractivity contribution in [3.05, 3.63) is 46.9 Å². The third kappa shape index (κ3) is 4.79. The van der Waals surface area contributed by atoms with E-state index in [2.05, 4.69) is 5.32 Å². The lowest BCUT2D eigenvalue weighted by atomic mass is 9.87. The molecule has 0 saturated heterocycles. The molecule has 2 heterocycles. The molecule has 0 spiro atoms. The Labute approximate surface area is 187 Å². The van der Waals surface area contributed by atoms with Gasteiger partial charge in [0.05, 0.1) is 16.7 Å². The number of aromatic nitrogens is 2. The van der Waals surface area contributed by atoms with Crippen LogP contribution in [0.25, 0.3) is 0 Å². The quantitative estimate of drug-likeness (QED) is 0.756. The van der Waals surface area contributed by atoms with Crippen molar-refractivity contribution in [2.24, 2.45) is 7.05 Å². The number of benzene rings is 1. The average Bonchev–Trinajstić information content (AvgIpc) is 2.97. The first-order valence-corrected chi connectivity index (χ1v) is 11.6. The number of rotatable bonds is 5. The molecule has 8 heteroatoms. The van der Waals surface area contributed by atoms with Crippen LogP contribution in [0.5, 0.6) is 0 Å². The Kier molecular flexibility index (Phi) is 6.79. The summed E-state index contributed by atoms with van der Waals surface area (Å²) in [7, 11) is 1.77. The van der Waals surface area contributed by atoms with E-state index in [4.69, 9.17) is 5.10 Å². The summed E-state index contributed by atoms with van der Waals surface area (Å²) in [6.07, 6.45) is 0.802. The first-order valence-electron chi connectivity index (χ1n) is 10.6. The molecule has 1 aliphatic heterocycles. The monoisotopic (exact) mass is 446 g/mol. The van der Waals surface area contributed by atoms with Gasteiger partial charge in [-0.2, -0.15) is 5.10 Å². The molecule has 0 aliphatic carbocycles. The molecule has 168 valence electrons. The molecule has 3 rings (SSSR count). The van der Waals surface area contributed by atoms with Crippen molar-refractivity contribution in [1.82, 2.24) is 15.1 Å². The standard InChI is InChI=1S/C23H31FN4O2S/c1-7-14(2)25-17(29)12-28-18(30)13-31-20(15-10-8-9-11-16(15)24)19-21(23(3,4)5)26-27(6)22(19)28/h8-11,14,20H,7,12-13H2,1-6H3,(H,25,29). The molecule has 1 aromatic carbocycles. The van der Waals surface area contributed by atoms with Crippen LogP contribution in [0.2, 0.25) is 0 Å². The summed E-state index contributed by atoms with van der Waals surface area (Å²) >= 11 is 1.38. The number of fused-ring (bicyclic) bond motifs is 1. The fraction of sp³-hybridized carbons (Fsp3) is 0.522. The number of thioether (sulfide) groups is 1. The van der Waals surface area contributed by atoms with Crippen LogP contribution in [0, 0.1) is 5.82 Å². The van der Waals surface area contributed by atoms with Crippen LogP contribution in [0.4, 0.5) is 10.2 Å². The fourth-order valence-electron chi connectivity index (χ4n) is 3.74. The Morgan fingerprint density at radius 2 is 2.03 bits per heavy atom. The van der Waals surface area contributed by atoms with Gasteiger partial charge in [0.15, 0.2) is 0 Å². The smallest absolute Gasteiger partial charge is 0.240 e. The number of nitrogens with one attached hydrogen (secondary N) is 1. The zero-order chi connectivity index (χ0) is 22.9. The summed E-state index contributed by atoms with van der Waals surface area (Å²) in [6.45, 7) is 9.97. The van der Waals surface area contributed by atoms with Gasteiger partial charge < -0.3 is 5.32 Å². The summed E-state index contributed by atoms with van der Waals surface area (Å²) in [5, 5.41) is 7.27. The van der Waals surface area contributed by atoms with Crippen LogP contribution in [0.3, 0.4) is 0 Å². The first kappa shape index (κ1) is 23.3. The Morgan fingerprint density at radius 1 is 1.35 bits per heavy atom. The van der Waals surface area contributed by atoms with Gasteiger partial charge in [-0.25, -0.2) is 4.39 Å². The number of carbonyl (C=O) groups excluding carboxylic acids is 2. The third-order valence-electron chi connectivity index (χ3n) is 5.46. The molecule has 6 nitrogen and oxygen atoms in total. The van der Waals surface area contributed by atoms with Crippen molar-refractivity contribution in [3.63, 3.8) is 0 Å². The normalized spacial score (nSPS) is 17.8. The number of hydrogen-bond acceptors (Lipinski definition) is 4. The topological polar surface area (TPSA) is 67.2 Å². The van der Waals surface area contributed by atoms with Crippen LogP contribution in [-0.4, -0.2) is 39.9 Å². The van der Waals surface area contributed by atoms with Gasteiger partial charge in [-0.3, -0.25) is 19.2 Å². The Bertz CT molecular complexity index is 982. The zero-order valence-corrected chi connectivity index (χ0v) is 19.8. The van der Waals surface area contributed by atoms with E-state index in [1.807, 2.05) is 34.6 Å². The molecule has 31 heavy (non-hydrogen) atoms. The predicted molar refractivity (Wildman–Crippen MR) is 123 cm³/mol. The zero-order valence-electron chi connectivity index (χ0n) is 19.0. The van der Waals surface area contributed by atoms with Crippen LogP contribution >= 0.6 is 11.8 Å². The molecular weight excluding hydrogens is 415 g/mol. The highest BCUT2D eigenvalue weighted by Crippen LogP contribution is 2.47. The molecule has 2 aromatic rings. The first-order chi connectivity index (χ1) is 14.5. The fourth-order valence-corrected chi connectivity index (χ4v) is 4.96. The molecule has 0 radical (unpaired) electrons. The van der Waals surface area contributed by atoms with Crippen molar-refractivity contribution in [2.75, 3.05) is 17.2 Å². The Balaban J connectivity index is 2.16. The third-order valence-corrected chi connectivity index (χ3v) is 6.70. The molecular formula is C23H31FN4O2S. The van der Waals surface area contributed by atoms with E-state index in [0.29, 0.717) is 11.4 Å². The molecule has 0 bridgehead atoms. The average molecular weight is 447 g/mol. The highest BCUT2D eigenvalue weighted by molar-refractivity contribution is 8.00. The number of halogens is 1. The van der Waals surface area contributed by atoms with Crippen molar-refractivity contribution < 1.29 is 14.0 Å². The van der Waals surface area contributed by atoms with E-state index < -0.39 is 5.25 Å². The molecule has 1 aromatic heterocycles. The van der Waals surface area contributed by atoms with Crippen LogP contribution in [-0.2, 0) is 22.1 Å². The SMILES string of the molecule is CCC(C)NC(=O)CN1C(=O)CSC(c2ccccc2F)c2c(C(C)(C)C)nn(C)c21. The van der Waals surface area contributed by atoms with Gasteiger partial charge in [0, 0.05) is 29.6 Å². The number of hydrogen-bond donors (Lipinski definition) is 1. The van der Waals surface area contributed by atoms with Crippen molar-refractivity contribution in [1.29, 1.82) is 0 Å². The molecule has 2 unspecified atom stereocenters. The highest BCUT2D eigenvalue weighted by atomic mass is 32.2. The Hall–Kier alpha value is -2.35. The van der Waals surface area contributed by atoms with E-state index in [1.54, 1.807) is 29.9 Å². The second-order valence-corrected chi connectivity index (χ2v) is 10.1. The minimum Gasteiger partial charge on any atom is -0.352 e. The Morgan fingerprint density at radius 3 is 2.65 bits per heavy atom. The predicted octanol–water partition coefficient (Wildman–Crippen LogP) is 3.94. The number of nitrogens with zero attached hydrogens (tertiary/aromatic N) is 3. The van der Waals surface area contributed by atoms with Gasteiger partial charge in [-0.15, -0.1) is 11.8 Å². The van der Waals surface area contributed by atoms with Crippen LogP contribution in [0.1, 0.15) is 63.1 Å². The second kappa shape index (κ2) is 9.02. The van der Waals surface area contributed by atoms with Crippen LogP contribution < -0.4 is 10.2 Å². The van der Waals surface area contributed by atoms with Gasteiger partial charge in [0.1, 0.15) is 18.2 Å². The highest BCUT2D eigenvalue weighted by Gasteiger charge is 2.39. The van der Waals surface area contributed by atoms with Gasteiger partial charge in [0.2, 0.25) is 11.8 Å². The summed E-state index contributed by atoms with van der Waals surface area (Å²) in [6, 6.07) is 6.67. The van der Waals surface area contributed by atoms with E-state index in [9.17, 15) is 14.0 Å². The lowest BCUT2D eigenvalue weighted by Gasteiger charge is -2.24. The molecule has 0 fully saturated rings. The number of amides is 2. The largest absolute Gasteiger partial charge is 0.352 e. The van der Waals surface area contributed by atoms with Crippen molar-refractivity contribution in [2.45, 2.75) is 57.7 Å². The maximum Gasteiger partial charge on any atom is 0.240 e. The summed E-state index contributed by atoms with van der Waals surface area (Å²) in [5.41, 5.74) is 1.79. The van der Waals surface area contributed by atoms with E-state index >= 15 is 0 Å². The maximum atomic E-state index is 14.8. The van der Waals surface area contributed by atoms with Gasteiger partial charge in [0.25, 0.3) is 0 Å². The second-order valence-electron chi connectivity index (χ2n) is 9.03. The summed E-state index contributed by atoms with van der Waals surface area (Å²) in [4.78, 5) is 27.3. The van der Waals surface area contributed by atoms with E-state index in [1.165, 1.54) is 22.7 Å². The minimum atomic E-state index is -0.397.